The van der Waals surface area contributed by atoms with Crippen LogP contribution in [0.2, 0.25) is 0 Å². The largest absolute Gasteiger partial charge is 0.325 e. The fraction of sp³-hybridized carbons (Fsp3) is 0.167. The predicted octanol–water partition coefficient (Wildman–Crippen LogP) is 2.75. The number of rotatable bonds is 4. The SMILES string of the molecule is CC1(c2ccc(F)c(F)c2)NC(=O)N(CC(=O)c2ccc(F)cc2)C1=O. The fourth-order valence-corrected chi connectivity index (χ4v) is 2.71. The topological polar surface area (TPSA) is 66.5 Å². The van der Waals surface area contributed by atoms with E-state index in [0.29, 0.717) is 4.90 Å². The number of benzene rings is 2. The number of urea groups is 1. The molecule has 26 heavy (non-hydrogen) atoms. The molecule has 1 aliphatic rings. The third-order valence-electron chi connectivity index (χ3n) is 4.24. The van der Waals surface area contributed by atoms with Crippen LogP contribution in [0.15, 0.2) is 42.5 Å². The molecule has 0 aromatic heterocycles. The highest BCUT2D eigenvalue weighted by Gasteiger charge is 2.49. The quantitative estimate of drug-likeness (QED) is 0.672. The number of nitrogens with one attached hydrogen (secondary N) is 1. The Morgan fingerprint density at radius 1 is 1.04 bits per heavy atom. The van der Waals surface area contributed by atoms with E-state index in [-0.39, 0.29) is 11.1 Å². The highest BCUT2D eigenvalue weighted by molar-refractivity contribution is 6.11. The molecule has 1 atom stereocenters. The van der Waals surface area contributed by atoms with Crippen LogP contribution in [0, 0.1) is 17.5 Å². The summed E-state index contributed by atoms with van der Waals surface area (Å²) in [7, 11) is 0. The van der Waals surface area contributed by atoms with E-state index < -0.39 is 47.3 Å². The van der Waals surface area contributed by atoms with Gasteiger partial charge in [-0.3, -0.25) is 14.5 Å². The molecule has 1 unspecified atom stereocenters. The van der Waals surface area contributed by atoms with Gasteiger partial charge < -0.3 is 5.32 Å². The van der Waals surface area contributed by atoms with E-state index in [9.17, 15) is 27.6 Å². The molecule has 0 saturated carbocycles. The van der Waals surface area contributed by atoms with Crippen molar-refractivity contribution in [1.29, 1.82) is 0 Å². The summed E-state index contributed by atoms with van der Waals surface area (Å²) in [5, 5.41) is 2.40. The molecule has 1 saturated heterocycles. The van der Waals surface area contributed by atoms with Gasteiger partial charge >= 0.3 is 6.03 Å². The van der Waals surface area contributed by atoms with Crippen LogP contribution in [0.25, 0.3) is 0 Å². The Balaban J connectivity index is 1.85. The van der Waals surface area contributed by atoms with Gasteiger partial charge in [-0.15, -0.1) is 0 Å². The lowest BCUT2D eigenvalue weighted by molar-refractivity contribution is -0.130. The molecule has 0 bridgehead atoms. The Morgan fingerprint density at radius 3 is 2.31 bits per heavy atom. The van der Waals surface area contributed by atoms with Crippen LogP contribution in [0.5, 0.6) is 0 Å². The zero-order valence-corrected chi connectivity index (χ0v) is 13.6. The molecule has 134 valence electrons. The molecule has 2 aromatic rings. The van der Waals surface area contributed by atoms with Crippen LogP contribution in [0.1, 0.15) is 22.8 Å². The van der Waals surface area contributed by atoms with Gasteiger partial charge in [0, 0.05) is 5.56 Å². The van der Waals surface area contributed by atoms with Crippen molar-refractivity contribution in [2.24, 2.45) is 0 Å². The van der Waals surface area contributed by atoms with Gasteiger partial charge in [0.15, 0.2) is 17.4 Å². The summed E-state index contributed by atoms with van der Waals surface area (Å²) in [6.45, 7) is 0.776. The Bertz CT molecular complexity index is 914. The van der Waals surface area contributed by atoms with Gasteiger partial charge in [-0.1, -0.05) is 6.07 Å². The normalized spacial score (nSPS) is 19.6. The summed E-state index contributed by atoms with van der Waals surface area (Å²) in [5.41, 5.74) is -1.45. The Kier molecular flexibility index (Phi) is 4.27. The molecule has 1 fully saturated rings. The summed E-state index contributed by atoms with van der Waals surface area (Å²) in [6.07, 6.45) is 0. The van der Waals surface area contributed by atoms with Crippen molar-refractivity contribution >= 4 is 17.7 Å². The maximum absolute atomic E-state index is 13.5. The smallest absolute Gasteiger partial charge is 0.319 e. The van der Waals surface area contributed by atoms with E-state index in [1.54, 1.807) is 0 Å². The van der Waals surface area contributed by atoms with E-state index >= 15 is 0 Å². The fourth-order valence-electron chi connectivity index (χ4n) is 2.71. The first kappa shape index (κ1) is 17.7. The molecule has 3 amide bonds. The van der Waals surface area contributed by atoms with Gasteiger partial charge in [0.05, 0.1) is 6.54 Å². The number of nitrogens with zero attached hydrogens (tertiary/aromatic N) is 1. The van der Waals surface area contributed by atoms with Crippen molar-refractivity contribution in [3.05, 3.63) is 71.0 Å². The van der Waals surface area contributed by atoms with Crippen LogP contribution in [-0.2, 0) is 10.3 Å². The molecule has 0 radical (unpaired) electrons. The first-order valence-electron chi connectivity index (χ1n) is 7.61. The Morgan fingerprint density at radius 2 is 1.69 bits per heavy atom. The number of carbonyl (C=O) groups excluding carboxylic acids is 3. The molecule has 0 spiro atoms. The van der Waals surface area contributed by atoms with Crippen molar-refractivity contribution in [2.45, 2.75) is 12.5 Å². The zero-order valence-electron chi connectivity index (χ0n) is 13.6. The third-order valence-corrected chi connectivity index (χ3v) is 4.24. The molecular formula is C18H13F3N2O3. The minimum Gasteiger partial charge on any atom is -0.319 e. The summed E-state index contributed by atoms with van der Waals surface area (Å²) >= 11 is 0. The van der Waals surface area contributed by atoms with Gasteiger partial charge in [-0.2, -0.15) is 0 Å². The lowest BCUT2D eigenvalue weighted by atomic mass is 9.92. The van der Waals surface area contributed by atoms with Crippen LogP contribution >= 0.6 is 0 Å². The average Bonchev–Trinajstić information content (AvgIpc) is 2.82. The second-order valence-electron chi connectivity index (χ2n) is 6.01. The lowest BCUT2D eigenvalue weighted by Gasteiger charge is -2.22. The van der Waals surface area contributed by atoms with Gasteiger partial charge in [0.2, 0.25) is 0 Å². The van der Waals surface area contributed by atoms with E-state index in [0.717, 1.165) is 24.3 Å². The number of Topliss-reactive ketones (excluding diaryl/α,β-unsaturated/α-hetero) is 1. The average molecular weight is 362 g/mol. The maximum Gasteiger partial charge on any atom is 0.325 e. The summed E-state index contributed by atoms with van der Waals surface area (Å²) in [4.78, 5) is 37.8. The number of hydrogen-bond donors (Lipinski definition) is 1. The number of amides is 3. The minimum atomic E-state index is -1.63. The second kappa shape index (κ2) is 6.29. The van der Waals surface area contributed by atoms with E-state index in [1.165, 1.54) is 25.1 Å². The van der Waals surface area contributed by atoms with Gasteiger partial charge in [-0.05, 0) is 48.9 Å². The van der Waals surface area contributed by atoms with Crippen LogP contribution in [-0.4, -0.2) is 29.2 Å². The van der Waals surface area contributed by atoms with E-state index in [2.05, 4.69) is 5.32 Å². The summed E-state index contributed by atoms with van der Waals surface area (Å²) in [5.74, 6) is -4.11. The zero-order chi connectivity index (χ0) is 19.1. The number of carbonyl (C=O) groups is 3. The van der Waals surface area contributed by atoms with E-state index in [1.807, 2.05) is 0 Å². The molecule has 3 rings (SSSR count). The maximum atomic E-state index is 13.5. The lowest BCUT2D eigenvalue weighted by Crippen LogP contribution is -2.41. The summed E-state index contributed by atoms with van der Waals surface area (Å²) < 4.78 is 39.5. The second-order valence-corrected chi connectivity index (χ2v) is 6.01. The number of hydrogen-bond acceptors (Lipinski definition) is 3. The highest BCUT2D eigenvalue weighted by atomic mass is 19.2. The van der Waals surface area contributed by atoms with Gasteiger partial charge in [-0.25, -0.2) is 18.0 Å². The highest BCUT2D eigenvalue weighted by Crippen LogP contribution is 2.29. The van der Waals surface area contributed by atoms with Crippen molar-refractivity contribution in [3.8, 4) is 0 Å². The van der Waals surface area contributed by atoms with Crippen molar-refractivity contribution in [2.75, 3.05) is 6.54 Å². The Hall–Kier alpha value is -3.16. The number of halogens is 3. The molecule has 2 aromatic carbocycles. The molecule has 1 N–H and O–H groups in total. The first-order chi connectivity index (χ1) is 12.2. The predicted molar refractivity (Wildman–Crippen MR) is 84.7 cm³/mol. The standard InChI is InChI=1S/C18H13F3N2O3/c1-18(11-4-7-13(20)14(21)8-11)16(25)23(17(26)22-18)9-15(24)10-2-5-12(19)6-3-10/h2-8H,9H2,1H3,(H,22,26). The molecule has 0 aliphatic carbocycles. The number of ketones is 1. The number of imide groups is 1. The van der Waals surface area contributed by atoms with Gasteiger partial charge in [0.1, 0.15) is 11.4 Å². The molecule has 5 nitrogen and oxygen atoms in total. The minimum absolute atomic E-state index is 0.0477. The molecule has 8 heteroatoms. The van der Waals surface area contributed by atoms with Gasteiger partial charge in [0.25, 0.3) is 5.91 Å². The van der Waals surface area contributed by atoms with Crippen molar-refractivity contribution in [1.82, 2.24) is 10.2 Å². The molecule has 1 aliphatic heterocycles. The van der Waals surface area contributed by atoms with Crippen LogP contribution in [0.3, 0.4) is 0 Å². The van der Waals surface area contributed by atoms with E-state index in [4.69, 9.17) is 0 Å². The van der Waals surface area contributed by atoms with Crippen molar-refractivity contribution < 1.29 is 27.6 Å². The monoisotopic (exact) mass is 362 g/mol. The van der Waals surface area contributed by atoms with Crippen LogP contribution in [0.4, 0.5) is 18.0 Å². The van der Waals surface area contributed by atoms with Crippen LogP contribution < -0.4 is 5.32 Å². The Labute approximate surface area is 146 Å². The third kappa shape index (κ3) is 2.94. The van der Waals surface area contributed by atoms with Crippen molar-refractivity contribution in [3.63, 3.8) is 0 Å². The first-order valence-corrected chi connectivity index (χ1v) is 7.61. The molecular weight excluding hydrogens is 349 g/mol. The molecule has 1 heterocycles. The summed E-state index contributed by atoms with van der Waals surface area (Å²) in [6, 6.07) is 6.67.